The van der Waals surface area contributed by atoms with E-state index in [1.807, 2.05) is 13.8 Å². The third kappa shape index (κ3) is 5.74. The van der Waals surface area contributed by atoms with Gasteiger partial charge in [-0.2, -0.15) is 0 Å². The molecule has 1 heterocycles. The molecule has 114 valence electrons. The van der Waals surface area contributed by atoms with Crippen LogP contribution in [0.25, 0.3) is 0 Å². The van der Waals surface area contributed by atoms with Crippen LogP contribution in [0.3, 0.4) is 0 Å². The van der Waals surface area contributed by atoms with Crippen molar-refractivity contribution in [1.82, 2.24) is 9.97 Å². The molecular formula is C15H28N4O. The van der Waals surface area contributed by atoms with E-state index in [1.54, 1.807) is 0 Å². The highest BCUT2D eigenvalue weighted by Gasteiger charge is 2.07. The maximum Gasteiger partial charge on any atom is 0.134 e. The van der Waals surface area contributed by atoms with Crippen LogP contribution in [0.4, 0.5) is 11.6 Å². The number of ether oxygens (including phenoxy) is 1. The number of anilines is 2. The zero-order chi connectivity index (χ0) is 15.0. The fraction of sp³-hybridized carbons (Fsp3) is 0.733. The fourth-order valence-electron chi connectivity index (χ4n) is 1.84. The lowest BCUT2D eigenvalue weighted by atomic mass is 10.2. The predicted octanol–water partition coefficient (Wildman–Crippen LogP) is 3.00. The zero-order valence-electron chi connectivity index (χ0n) is 13.4. The van der Waals surface area contributed by atoms with Gasteiger partial charge in [0.05, 0.1) is 0 Å². The second kappa shape index (κ2) is 8.74. The molecule has 5 nitrogen and oxygen atoms in total. The molecule has 0 aliphatic heterocycles. The molecule has 0 aromatic carbocycles. The second-order valence-corrected chi connectivity index (χ2v) is 5.37. The first-order valence-corrected chi connectivity index (χ1v) is 7.45. The Labute approximate surface area is 122 Å². The fourth-order valence-corrected chi connectivity index (χ4v) is 1.84. The SMILES string of the molecule is CCNc1nc(C)nc(NCCCOCC(C)C)c1C. The van der Waals surface area contributed by atoms with E-state index in [0.717, 1.165) is 55.7 Å². The highest BCUT2D eigenvalue weighted by atomic mass is 16.5. The lowest BCUT2D eigenvalue weighted by molar-refractivity contribution is 0.110. The van der Waals surface area contributed by atoms with Crippen LogP contribution in [0.15, 0.2) is 0 Å². The monoisotopic (exact) mass is 280 g/mol. The Morgan fingerprint density at radius 3 is 2.35 bits per heavy atom. The van der Waals surface area contributed by atoms with Gasteiger partial charge in [-0.25, -0.2) is 9.97 Å². The van der Waals surface area contributed by atoms with Gasteiger partial charge in [-0.15, -0.1) is 0 Å². The van der Waals surface area contributed by atoms with Crippen LogP contribution in [-0.2, 0) is 4.74 Å². The molecule has 0 aliphatic carbocycles. The quantitative estimate of drug-likeness (QED) is 0.681. The number of rotatable bonds is 9. The van der Waals surface area contributed by atoms with Crippen LogP contribution in [0.5, 0.6) is 0 Å². The number of nitrogens with zero attached hydrogens (tertiary/aromatic N) is 2. The lowest BCUT2D eigenvalue weighted by Crippen LogP contribution is -2.12. The first-order chi connectivity index (χ1) is 9.54. The van der Waals surface area contributed by atoms with Crippen LogP contribution in [-0.4, -0.2) is 36.3 Å². The molecule has 5 heteroatoms. The minimum Gasteiger partial charge on any atom is -0.381 e. The maximum atomic E-state index is 5.56. The zero-order valence-corrected chi connectivity index (χ0v) is 13.4. The summed E-state index contributed by atoms with van der Waals surface area (Å²) in [5, 5.41) is 6.63. The van der Waals surface area contributed by atoms with Crippen LogP contribution < -0.4 is 10.6 Å². The molecule has 0 amide bonds. The Kier molecular flexibility index (Phi) is 7.30. The Hall–Kier alpha value is -1.36. The van der Waals surface area contributed by atoms with Gasteiger partial charge in [0.15, 0.2) is 0 Å². The number of nitrogens with one attached hydrogen (secondary N) is 2. The summed E-state index contributed by atoms with van der Waals surface area (Å²) in [5.74, 6) is 3.21. The molecule has 0 radical (unpaired) electrons. The van der Waals surface area contributed by atoms with Crippen molar-refractivity contribution >= 4 is 11.6 Å². The van der Waals surface area contributed by atoms with Crippen LogP contribution in [0.2, 0.25) is 0 Å². The summed E-state index contributed by atoms with van der Waals surface area (Å²) >= 11 is 0. The van der Waals surface area contributed by atoms with Crippen molar-refractivity contribution < 1.29 is 4.74 Å². The first kappa shape index (κ1) is 16.7. The minimum absolute atomic E-state index is 0.595. The molecule has 0 atom stereocenters. The predicted molar refractivity (Wildman–Crippen MR) is 84.4 cm³/mol. The van der Waals surface area contributed by atoms with E-state index in [-0.39, 0.29) is 0 Å². The van der Waals surface area contributed by atoms with E-state index < -0.39 is 0 Å². The van der Waals surface area contributed by atoms with Crippen molar-refractivity contribution in [2.24, 2.45) is 5.92 Å². The maximum absolute atomic E-state index is 5.56. The van der Waals surface area contributed by atoms with Gasteiger partial charge in [0.1, 0.15) is 17.5 Å². The smallest absolute Gasteiger partial charge is 0.134 e. The Bertz CT molecular complexity index is 407. The third-order valence-electron chi connectivity index (χ3n) is 2.81. The van der Waals surface area contributed by atoms with Gasteiger partial charge in [-0.3, -0.25) is 0 Å². The normalized spacial score (nSPS) is 10.9. The van der Waals surface area contributed by atoms with Crippen molar-refractivity contribution in [1.29, 1.82) is 0 Å². The molecule has 1 rings (SSSR count). The van der Waals surface area contributed by atoms with E-state index in [1.165, 1.54) is 0 Å². The lowest BCUT2D eigenvalue weighted by Gasteiger charge is -2.13. The van der Waals surface area contributed by atoms with Gasteiger partial charge in [0, 0.05) is 31.9 Å². The topological polar surface area (TPSA) is 59.1 Å². The van der Waals surface area contributed by atoms with Crippen molar-refractivity contribution in [3.63, 3.8) is 0 Å². The summed E-state index contributed by atoms with van der Waals surface area (Å²) in [5.41, 5.74) is 1.07. The van der Waals surface area contributed by atoms with Crippen molar-refractivity contribution in [2.75, 3.05) is 36.9 Å². The second-order valence-electron chi connectivity index (χ2n) is 5.37. The highest BCUT2D eigenvalue weighted by Crippen LogP contribution is 2.19. The largest absolute Gasteiger partial charge is 0.381 e. The third-order valence-corrected chi connectivity index (χ3v) is 2.81. The molecule has 0 bridgehead atoms. The minimum atomic E-state index is 0.595. The Morgan fingerprint density at radius 2 is 1.75 bits per heavy atom. The van der Waals surface area contributed by atoms with E-state index in [0.29, 0.717) is 5.92 Å². The molecule has 1 aromatic rings. The van der Waals surface area contributed by atoms with E-state index in [4.69, 9.17) is 4.74 Å². The number of aryl methyl sites for hydroxylation is 1. The molecule has 0 spiro atoms. The molecule has 20 heavy (non-hydrogen) atoms. The summed E-state index contributed by atoms with van der Waals surface area (Å²) < 4.78 is 5.56. The average molecular weight is 280 g/mol. The number of hydrogen-bond donors (Lipinski definition) is 2. The number of hydrogen-bond acceptors (Lipinski definition) is 5. The summed E-state index contributed by atoms with van der Waals surface area (Å²) in [6.07, 6.45) is 0.978. The number of aromatic nitrogens is 2. The summed E-state index contributed by atoms with van der Waals surface area (Å²) in [6.45, 7) is 13.7. The van der Waals surface area contributed by atoms with Gasteiger partial charge < -0.3 is 15.4 Å². The molecular weight excluding hydrogens is 252 g/mol. The van der Waals surface area contributed by atoms with Crippen molar-refractivity contribution in [2.45, 2.75) is 41.0 Å². The standard InChI is InChI=1S/C15H28N4O/c1-6-16-14-12(4)15(19-13(5)18-14)17-8-7-9-20-10-11(2)3/h11H,6-10H2,1-5H3,(H2,16,17,18,19). The summed E-state index contributed by atoms with van der Waals surface area (Å²) in [4.78, 5) is 8.87. The Balaban J connectivity index is 2.43. The first-order valence-electron chi connectivity index (χ1n) is 7.45. The molecule has 1 aromatic heterocycles. The molecule has 0 saturated carbocycles. The van der Waals surface area contributed by atoms with E-state index in [9.17, 15) is 0 Å². The average Bonchev–Trinajstić information content (AvgIpc) is 2.38. The highest BCUT2D eigenvalue weighted by molar-refractivity contribution is 5.57. The van der Waals surface area contributed by atoms with Crippen molar-refractivity contribution in [3.05, 3.63) is 11.4 Å². The van der Waals surface area contributed by atoms with E-state index >= 15 is 0 Å². The van der Waals surface area contributed by atoms with Crippen LogP contribution in [0, 0.1) is 19.8 Å². The van der Waals surface area contributed by atoms with Gasteiger partial charge in [-0.05, 0) is 33.1 Å². The molecule has 0 aliphatic rings. The molecule has 2 N–H and O–H groups in total. The molecule has 0 saturated heterocycles. The summed E-state index contributed by atoms with van der Waals surface area (Å²) in [6, 6.07) is 0. The van der Waals surface area contributed by atoms with Crippen LogP contribution in [0.1, 0.15) is 38.6 Å². The Morgan fingerprint density at radius 1 is 1.10 bits per heavy atom. The molecule has 0 unspecified atom stereocenters. The molecule has 0 fully saturated rings. The van der Waals surface area contributed by atoms with Gasteiger partial charge in [0.2, 0.25) is 0 Å². The summed E-state index contributed by atoms with van der Waals surface area (Å²) in [7, 11) is 0. The van der Waals surface area contributed by atoms with Crippen molar-refractivity contribution in [3.8, 4) is 0 Å². The van der Waals surface area contributed by atoms with Crippen LogP contribution >= 0.6 is 0 Å². The van der Waals surface area contributed by atoms with E-state index in [2.05, 4.69) is 41.4 Å². The van der Waals surface area contributed by atoms with Gasteiger partial charge in [-0.1, -0.05) is 13.8 Å². The van der Waals surface area contributed by atoms with Gasteiger partial charge >= 0.3 is 0 Å². The van der Waals surface area contributed by atoms with Gasteiger partial charge in [0.25, 0.3) is 0 Å².